The highest BCUT2D eigenvalue weighted by atomic mass is 35.5. The Morgan fingerprint density at radius 3 is 2.87 bits per heavy atom. The first-order valence-electron chi connectivity index (χ1n) is 7.61. The van der Waals surface area contributed by atoms with Gasteiger partial charge in [0, 0.05) is 32.4 Å². The summed E-state index contributed by atoms with van der Waals surface area (Å²) < 4.78 is 5.30. The van der Waals surface area contributed by atoms with Gasteiger partial charge >= 0.3 is 0 Å². The van der Waals surface area contributed by atoms with Crippen LogP contribution in [0.15, 0.2) is 18.3 Å². The number of anilines is 1. The monoisotopic (exact) mass is 362 g/mol. The Labute approximate surface area is 149 Å². The number of amides is 1. The molecule has 0 bridgehead atoms. The van der Waals surface area contributed by atoms with Gasteiger partial charge in [0.1, 0.15) is 11.9 Å². The number of aromatic nitrogens is 1. The van der Waals surface area contributed by atoms with E-state index in [1.54, 1.807) is 0 Å². The van der Waals surface area contributed by atoms with E-state index in [-0.39, 0.29) is 36.8 Å². The lowest BCUT2D eigenvalue weighted by atomic mass is 10.2. The number of nitrogens with zero attached hydrogens (tertiary/aromatic N) is 2. The Balaban J connectivity index is 0.00000132. The van der Waals surface area contributed by atoms with Crippen LogP contribution in [0.2, 0.25) is 0 Å². The smallest absolute Gasteiger partial charge is 0.239 e. The van der Waals surface area contributed by atoms with Crippen molar-refractivity contribution in [3.05, 3.63) is 23.9 Å². The molecule has 1 aromatic heterocycles. The Hall–Kier alpha value is -1.08. The van der Waals surface area contributed by atoms with Crippen LogP contribution >= 0.6 is 24.8 Å². The molecule has 2 aliphatic rings. The van der Waals surface area contributed by atoms with E-state index >= 15 is 0 Å². The molecule has 23 heavy (non-hydrogen) atoms. The lowest BCUT2D eigenvalue weighted by Crippen LogP contribution is -2.51. The number of nitrogens with one attached hydrogen (secondary N) is 2. The predicted octanol–water partition coefficient (Wildman–Crippen LogP) is 1.13. The van der Waals surface area contributed by atoms with Crippen LogP contribution in [0.5, 0.6) is 0 Å². The second-order valence-electron chi connectivity index (χ2n) is 5.52. The van der Waals surface area contributed by atoms with Crippen LogP contribution in [0.1, 0.15) is 18.4 Å². The summed E-state index contributed by atoms with van der Waals surface area (Å²) in [6.45, 7) is 4.53. The summed E-state index contributed by atoms with van der Waals surface area (Å²) in [5.74, 6) is 1.01. The third-order valence-electron chi connectivity index (χ3n) is 3.94. The van der Waals surface area contributed by atoms with Gasteiger partial charge in [-0.1, -0.05) is 0 Å². The number of carbonyl (C=O) groups is 1. The van der Waals surface area contributed by atoms with Crippen LogP contribution in [0.4, 0.5) is 5.82 Å². The zero-order chi connectivity index (χ0) is 14.5. The van der Waals surface area contributed by atoms with Gasteiger partial charge in [0.2, 0.25) is 5.91 Å². The molecule has 1 unspecified atom stereocenters. The standard InChI is InChI=1S/C15H22N4O2.2ClH/c20-15(13-11-21-8-5-16-13)18-10-12-3-4-17-14(9-12)19-6-1-2-7-19;;/h3-4,9,13,16H,1-2,5-8,10-11H2,(H,18,20);2*1H. The van der Waals surface area contributed by atoms with Gasteiger partial charge in [0.05, 0.1) is 13.2 Å². The van der Waals surface area contributed by atoms with Crippen LogP contribution in [-0.4, -0.2) is 49.8 Å². The first kappa shape index (κ1) is 20.0. The second kappa shape index (κ2) is 9.93. The Bertz CT molecular complexity index is 492. The number of ether oxygens (including phenoxy) is 1. The Morgan fingerprint density at radius 1 is 1.39 bits per heavy atom. The number of hydrogen-bond acceptors (Lipinski definition) is 5. The molecule has 0 radical (unpaired) electrons. The molecule has 0 spiro atoms. The molecule has 3 heterocycles. The summed E-state index contributed by atoms with van der Waals surface area (Å²) in [7, 11) is 0. The van der Waals surface area contributed by atoms with E-state index in [1.807, 2.05) is 12.3 Å². The number of halogens is 2. The quantitative estimate of drug-likeness (QED) is 0.840. The van der Waals surface area contributed by atoms with Crippen molar-refractivity contribution in [1.82, 2.24) is 15.6 Å². The number of morpholine rings is 1. The summed E-state index contributed by atoms with van der Waals surface area (Å²) >= 11 is 0. The van der Waals surface area contributed by atoms with Crippen LogP contribution < -0.4 is 15.5 Å². The SMILES string of the molecule is Cl.Cl.O=C(NCc1ccnc(N2CCCC2)c1)C1COCCN1. The molecule has 2 aliphatic heterocycles. The fraction of sp³-hybridized carbons (Fsp3) is 0.600. The van der Waals surface area contributed by atoms with Crippen LogP contribution in [-0.2, 0) is 16.1 Å². The van der Waals surface area contributed by atoms with Crippen molar-refractivity contribution in [3.8, 4) is 0 Å². The summed E-state index contributed by atoms with van der Waals surface area (Å²) in [5.41, 5.74) is 1.08. The molecule has 8 heteroatoms. The normalized spacial score (nSPS) is 20.3. The molecule has 3 rings (SSSR count). The highest BCUT2D eigenvalue weighted by Gasteiger charge is 2.20. The van der Waals surface area contributed by atoms with Crippen LogP contribution in [0.3, 0.4) is 0 Å². The van der Waals surface area contributed by atoms with Gasteiger partial charge in [-0.15, -0.1) is 24.8 Å². The van der Waals surface area contributed by atoms with Crippen molar-refractivity contribution in [1.29, 1.82) is 0 Å². The molecule has 2 N–H and O–H groups in total. The van der Waals surface area contributed by atoms with Gasteiger partial charge in [-0.2, -0.15) is 0 Å². The van der Waals surface area contributed by atoms with Gasteiger partial charge in [-0.25, -0.2) is 4.98 Å². The highest BCUT2D eigenvalue weighted by Crippen LogP contribution is 2.18. The van der Waals surface area contributed by atoms with E-state index < -0.39 is 0 Å². The molecule has 6 nitrogen and oxygen atoms in total. The van der Waals surface area contributed by atoms with Crippen molar-refractivity contribution < 1.29 is 9.53 Å². The van der Waals surface area contributed by atoms with E-state index in [1.165, 1.54) is 12.8 Å². The zero-order valence-corrected chi connectivity index (χ0v) is 14.6. The Morgan fingerprint density at radius 2 is 2.17 bits per heavy atom. The van der Waals surface area contributed by atoms with Crippen molar-refractivity contribution in [2.24, 2.45) is 0 Å². The maximum absolute atomic E-state index is 12.0. The first-order valence-corrected chi connectivity index (χ1v) is 7.61. The van der Waals surface area contributed by atoms with Crippen LogP contribution in [0, 0.1) is 0 Å². The fourth-order valence-electron chi connectivity index (χ4n) is 2.74. The molecule has 0 aliphatic carbocycles. The van der Waals surface area contributed by atoms with E-state index in [0.29, 0.717) is 19.8 Å². The van der Waals surface area contributed by atoms with Gasteiger partial charge < -0.3 is 20.3 Å². The fourth-order valence-corrected chi connectivity index (χ4v) is 2.74. The molecule has 0 saturated carbocycles. The molecule has 2 saturated heterocycles. The molecule has 1 aromatic rings. The minimum absolute atomic E-state index is 0. The molecule has 130 valence electrons. The van der Waals surface area contributed by atoms with E-state index in [4.69, 9.17) is 4.74 Å². The summed E-state index contributed by atoms with van der Waals surface area (Å²) in [5, 5.41) is 6.11. The van der Waals surface area contributed by atoms with Gasteiger partial charge in [-0.3, -0.25) is 4.79 Å². The third kappa shape index (κ3) is 5.49. The predicted molar refractivity (Wildman–Crippen MR) is 94.6 cm³/mol. The zero-order valence-electron chi connectivity index (χ0n) is 13.0. The summed E-state index contributed by atoms with van der Waals surface area (Å²) in [6, 6.07) is 3.78. The number of carbonyl (C=O) groups excluding carboxylic acids is 1. The summed E-state index contributed by atoms with van der Waals surface area (Å²) in [6.07, 6.45) is 4.28. The molecular formula is C15H24Cl2N4O2. The minimum Gasteiger partial charge on any atom is -0.378 e. The maximum atomic E-state index is 12.0. The average Bonchev–Trinajstić information content (AvgIpc) is 3.08. The van der Waals surface area contributed by atoms with E-state index in [0.717, 1.165) is 31.0 Å². The van der Waals surface area contributed by atoms with Crippen molar-refractivity contribution in [2.45, 2.75) is 25.4 Å². The van der Waals surface area contributed by atoms with Crippen molar-refractivity contribution in [3.63, 3.8) is 0 Å². The largest absolute Gasteiger partial charge is 0.378 e. The molecule has 0 aromatic carbocycles. The van der Waals surface area contributed by atoms with Crippen molar-refractivity contribution >= 4 is 36.5 Å². The first-order chi connectivity index (χ1) is 10.3. The Kier molecular flexibility index (Phi) is 8.62. The highest BCUT2D eigenvalue weighted by molar-refractivity contribution is 5.85. The van der Waals surface area contributed by atoms with Gasteiger partial charge in [0.15, 0.2) is 0 Å². The second-order valence-corrected chi connectivity index (χ2v) is 5.52. The maximum Gasteiger partial charge on any atom is 0.239 e. The third-order valence-corrected chi connectivity index (χ3v) is 3.94. The van der Waals surface area contributed by atoms with Gasteiger partial charge in [0.25, 0.3) is 0 Å². The minimum atomic E-state index is -0.237. The lowest BCUT2D eigenvalue weighted by Gasteiger charge is -2.23. The van der Waals surface area contributed by atoms with Crippen LogP contribution in [0.25, 0.3) is 0 Å². The van der Waals surface area contributed by atoms with Crippen molar-refractivity contribution in [2.75, 3.05) is 37.7 Å². The summed E-state index contributed by atoms with van der Waals surface area (Å²) in [4.78, 5) is 18.7. The number of rotatable bonds is 4. The topological polar surface area (TPSA) is 66.5 Å². The average molecular weight is 363 g/mol. The molecule has 1 atom stereocenters. The van der Waals surface area contributed by atoms with E-state index in [9.17, 15) is 4.79 Å². The number of pyridine rings is 1. The molecule has 2 fully saturated rings. The van der Waals surface area contributed by atoms with E-state index in [2.05, 4.69) is 26.6 Å². The number of hydrogen-bond donors (Lipinski definition) is 2. The molecular weight excluding hydrogens is 339 g/mol. The molecule has 1 amide bonds. The lowest BCUT2D eigenvalue weighted by molar-refractivity contribution is -0.126. The van der Waals surface area contributed by atoms with Gasteiger partial charge in [-0.05, 0) is 30.5 Å².